The van der Waals surface area contributed by atoms with Crippen LogP contribution in [0, 0.1) is 0 Å². The first-order valence-corrected chi connectivity index (χ1v) is 8.08. The zero-order valence-corrected chi connectivity index (χ0v) is 7.37. The van der Waals surface area contributed by atoms with Gasteiger partial charge in [-0.15, -0.1) is 0 Å². The molecule has 0 saturated carbocycles. The molecule has 0 radical (unpaired) electrons. The molecule has 0 aliphatic rings. The third kappa shape index (κ3) is 50.2. The average molecular weight is 160 g/mol. The second-order valence-electron chi connectivity index (χ2n) is 1.92. The predicted molar refractivity (Wildman–Crippen MR) is 45.7 cm³/mol. The van der Waals surface area contributed by atoms with E-state index in [4.69, 9.17) is 0 Å². The molecule has 0 aliphatic heterocycles. The van der Waals surface area contributed by atoms with Crippen LogP contribution >= 0.6 is 41.0 Å². The molecular weight excluding hydrogens is 151 g/mol. The molecule has 0 heterocycles. The quantitative estimate of drug-likeness (QED) is 0.351. The van der Waals surface area contributed by atoms with E-state index in [1.165, 1.54) is 0 Å². The van der Waals surface area contributed by atoms with Gasteiger partial charge in [0, 0.05) is 0 Å². The van der Waals surface area contributed by atoms with Gasteiger partial charge in [0.15, 0.2) is 0 Å². The van der Waals surface area contributed by atoms with Crippen molar-refractivity contribution in [3.8, 4) is 0 Å². The molecular formula is C2H9PS3. The van der Waals surface area contributed by atoms with Crippen molar-refractivity contribution in [1.29, 1.82) is 0 Å². The van der Waals surface area contributed by atoms with Crippen LogP contribution in [0.3, 0.4) is 0 Å². The van der Waals surface area contributed by atoms with E-state index in [1.54, 1.807) is 0 Å². The van der Waals surface area contributed by atoms with Gasteiger partial charge in [-0.3, -0.25) is 0 Å². The molecule has 0 aliphatic carbocycles. The van der Waals surface area contributed by atoms with E-state index < -0.39 is 4.21 Å². The normalized spacial score (nSPS) is 19.2. The Morgan fingerprint density at radius 1 is 1.00 bits per heavy atom. The summed E-state index contributed by atoms with van der Waals surface area (Å²) < 4.78 is -1.97. The van der Waals surface area contributed by atoms with E-state index in [1.807, 2.05) is 13.3 Å². The molecule has 0 bridgehead atoms. The zero-order chi connectivity index (χ0) is 5.45. The number of rotatable bonds is 0. The van der Waals surface area contributed by atoms with E-state index in [0.29, 0.717) is 0 Å². The minimum atomic E-state index is -1.97. The fourth-order valence-electron chi connectivity index (χ4n) is 0. The van der Waals surface area contributed by atoms with E-state index in [0.717, 1.165) is 0 Å². The summed E-state index contributed by atoms with van der Waals surface area (Å²) in [6, 6.07) is 0. The third-order valence-corrected chi connectivity index (χ3v) is 0. The van der Waals surface area contributed by atoms with Crippen molar-refractivity contribution < 1.29 is 0 Å². The molecule has 0 nitrogen and oxygen atoms in total. The molecule has 0 N–H and O–H groups in total. The number of hydrogen-bond acceptors (Lipinski definition) is 3. The third-order valence-electron chi connectivity index (χ3n) is 0. The van der Waals surface area contributed by atoms with Crippen LogP contribution in [-0.4, -0.2) is 13.3 Å². The Hall–Kier alpha value is 1.48. The van der Waals surface area contributed by atoms with Gasteiger partial charge in [0.1, 0.15) is 0 Å². The monoisotopic (exact) mass is 160 g/mol. The van der Waals surface area contributed by atoms with Crippen LogP contribution < -0.4 is 0 Å². The molecule has 0 aromatic heterocycles. The van der Waals surface area contributed by atoms with Crippen molar-refractivity contribution in [3.05, 3.63) is 0 Å². The van der Waals surface area contributed by atoms with Gasteiger partial charge in [-0.2, -0.15) is 0 Å². The van der Waals surface area contributed by atoms with Crippen molar-refractivity contribution in [2.45, 2.75) is 0 Å². The van der Waals surface area contributed by atoms with Gasteiger partial charge in [-0.05, 0) is 0 Å². The molecule has 0 atom stereocenters. The summed E-state index contributed by atoms with van der Waals surface area (Å²) >= 11 is 12.4. The SMILES string of the molecule is CP(C)(S)(S)S. The van der Waals surface area contributed by atoms with Gasteiger partial charge in [0.2, 0.25) is 0 Å². The molecule has 40 valence electrons. The molecule has 0 saturated heterocycles. The van der Waals surface area contributed by atoms with Crippen LogP contribution in [0.5, 0.6) is 0 Å². The number of hydrogen-bond donors (Lipinski definition) is 3. The predicted octanol–water partition coefficient (Wildman–Crippen LogP) is 2.33. The summed E-state index contributed by atoms with van der Waals surface area (Å²) in [6.07, 6.45) is 0. The Bertz CT molecular complexity index is 42.0. The van der Waals surface area contributed by atoms with Crippen LogP contribution in [0.4, 0.5) is 0 Å². The Labute approximate surface area is 54.5 Å². The van der Waals surface area contributed by atoms with Gasteiger partial charge < -0.3 is 0 Å². The van der Waals surface area contributed by atoms with Crippen LogP contribution in [0.15, 0.2) is 0 Å². The fourth-order valence-corrected chi connectivity index (χ4v) is 0. The first-order chi connectivity index (χ1) is 2.24. The molecule has 0 aromatic carbocycles. The van der Waals surface area contributed by atoms with E-state index in [-0.39, 0.29) is 0 Å². The Morgan fingerprint density at radius 2 is 1.00 bits per heavy atom. The molecule has 0 aromatic rings. The summed E-state index contributed by atoms with van der Waals surface area (Å²) in [4.78, 5) is 0. The molecule has 6 heavy (non-hydrogen) atoms. The topological polar surface area (TPSA) is 0 Å². The standard InChI is InChI=1S/C2H9PS3/c1-3(2,4,5)6/h4-6H,1-2H3. The van der Waals surface area contributed by atoms with Gasteiger partial charge in [-0.1, -0.05) is 0 Å². The van der Waals surface area contributed by atoms with Crippen molar-refractivity contribution in [3.63, 3.8) is 0 Å². The zero-order valence-electron chi connectivity index (χ0n) is 3.79. The van der Waals surface area contributed by atoms with Gasteiger partial charge in [0.05, 0.1) is 0 Å². The van der Waals surface area contributed by atoms with Crippen molar-refractivity contribution >= 4 is 41.0 Å². The summed E-state index contributed by atoms with van der Waals surface area (Å²) in [6.45, 7) is 3.86. The van der Waals surface area contributed by atoms with Crippen LogP contribution in [0.1, 0.15) is 0 Å². The molecule has 0 fully saturated rings. The van der Waals surface area contributed by atoms with Crippen LogP contribution in [0.25, 0.3) is 0 Å². The van der Waals surface area contributed by atoms with Gasteiger partial charge in [0.25, 0.3) is 0 Å². The Kier molecular flexibility index (Phi) is 1.84. The van der Waals surface area contributed by atoms with Crippen molar-refractivity contribution in [2.75, 3.05) is 13.3 Å². The molecule has 0 unspecified atom stereocenters. The molecule has 0 spiro atoms. The van der Waals surface area contributed by atoms with E-state index >= 15 is 0 Å². The number of thiol groups is 3. The maximum absolute atomic E-state index is 4.14. The first kappa shape index (κ1) is 7.48. The van der Waals surface area contributed by atoms with Crippen molar-refractivity contribution in [2.24, 2.45) is 0 Å². The van der Waals surface area contributed by atoms with E-state index in [9.17, 15) is 0 Å². The van der Waals surface area contributed by atoms with Gasteiger partial charge >= 0.3 is 54.3 Å². The summed E-state index contributed by atoms with van der Waals surface area (Å²) in [7, 11) is 0. The minimum absolute atomic E-state index is 1.93. The Morgan fingerprint density at radius 3 is 1.00 bits per heavy atom. The first-order valence-electron chi connectivity index (χ1n) is 1.49. The van der Waals surface area contributed by atoms with Crippen LogP contribution in [0.2, 0.25) is 0 Å². The van der Waals surface area contributed by atoms with Crippen LogP contribution in [-0.2, 0) is 0 Å². The van der Waals surface area contributed by atoms with Gasteiger partial charge in [-0.25, -0.2) is 0 Å². The maximum atomic E-state index is 4.14. The summed E-state index contributed by atoms with van der Waals surface area (Å²) in [5.74, 6) is 0. The van der Waals surface area contributed by atoms with E-state index in [2.05, 4.69) is 36.7 Å². The summed E-state index contributed by atoms with van der Waals surface area (Å²) in [5, 5.41) is 0. The average Bonchev–Trinajstić information content (AvgIpc) is 0.650. The molecule has 0 amide bonds. The fraction of sp³-hybridized carbons (Fsp3) is 1.00. The van der Waals surface area contributed by atoms with Crippen molar-refractivity contribution in [1.82, 2.24) is 0 Å². The second kappa shape index (κ2) is 1.48. The Balaban J connectivity index is 3.73. The molecule has 0 rings (SSSR count). The second-order valence-corrected chi connectivity index (χ2v) is 19.4. The molecule has 4 heteroatoms. The summed E-state index contributed by atoms with van der Waals surface area (Å²) in [5.41, 5.74) is 0.